The number of nitrogens with zero attached hydrogens (tertiary/aromatic N) is 1. The summed E-state index contributed by atoms with van der Waals surface area (Å²) in [4.78, 5) is 14.9. The van der Waals surface area contributed by atoms with Gasteiger partial charge in [-0.2, -0.15) is 0 Å². The fourth-order valence-electron chi connectivity index (χ4n) is 3.98. The first kappa shape index (κ1) is 24.4. The Bertz CT molecular complexity index is 996. The van der Waals surface area contributed by atoms with E-state index in [0.29, 0.717) is 12.1 Å². The number of carbonyl (C=O) groups is 1. The number of nitrogens with one attached hydrogen (secondary N) is 2. The first-order valence-corrected chi connectivity index (χ1v) is 13.0. The van der Waals surface area contributed by atoms with Crippen LogP contribution in [0.15, 0.2) is 47.4 Å². The quantitative estimate of drug-likeness (QED) is 0.602. The van der Waals surface area contributed by atoms with E-state index < -0.39 is 10.0 Å². The average Bonchev–Trinajstić information content (AvgIpc) is 3.03. The highest BCUT2D eigenvalue weighted by molar-refractivity contribution is 7.89. The van der Waals surface area contributed by atoms with Crippen LogP contribution in [0.5, 0.6) is 0 Å². The van der Waals surface area contributed by atoms with Gasteiger partial charge in [-0.1, -0.05) is 49.2 Å². The molecule has 1 saturated heterocycles. The monoisotopic (exact) mass is 457 g/mol. The molecule has 1 heterocycles. The first-order chi connectivity index (χ1) is 15.3. The molecule has 2 aromatic carbocycles. The Morgan fingerprint density at radius 2 is 1.59 bits per heavy atom. The molecule has 0 spiro atoms. The summed E-state index contributed by atoms with van der Waals surface area (Å²) in [5, 5.41) is 2.87. The lowest BCUT2D eigenvalue weighted by Crippen LogP contribution is -2.31. The van der Waals surface area contributed by atoms with Crippen LogP contribution in [0.2, 0.25) is 0 Å². The number of carbonyl (C=O) groups excluding carboxylic acids is 1. The van der Waals surface area contributed by atoms with Crippen LogP contribution in [0.25, 0.3) is 0 Å². The Morgan fingerprint density at radius 1 is 0.938 bits per heavy atom. The van der Waals surface area contributed by atoms with E-state index in [-0.39, 0.29) is 23.8 Å². The molecule has 3 rings (SSSR count). The van der Waals surface area contributed by atoms with E-state index in [1.54, 1.807) is 19.1 Å². The lowest BCUT2D eigenvalue weighted by Gasteiger charge is -2.19. The minimum absolute atomic E-state index is 0.0658. The Morgan fingerprint density at radius 3 is 2.28 bits per heavy atom. The van der Waals surface area contributed by atoms with Crippen molar-refractivity contribution in [2.45, 2.75) is 63.9 Å². The Balaban J connectivity index is 1.41. The van der Waals surface area contributed by atoms with Gasteiger partial charge in [0.1, 0.15) is 0 Å². The van der Waals surface area contributed by atoms with Crippen LogP contribution in [0.3, 0.4) is 0 Å². The van der Waals surface area contributed by atoms with Crippen molar-refractivity contribution in [3.8, 4) is 0 Å². The molecule has 2 aromatic rings. The summed E-state index contributed by atoms with van der Waals surface area (Å²) in [7, 11) is -3.63. The maximum absolute atomic E-state index is 12.5. The van der Waals surface area contributed by atoms with E-state index in [0.717, 1.165) is 17.7 Å². The van der Waals surface area contributed by atoms with Gasteiger partial charge in [0.2, 0.25) is 15.9 Å². The van der Waals surface area contributed by atoms with Crippen LogP contribution in [-0.4, -0.2) is 38.9 Å². The minimum atomic E-state index is -3.63. The highest BCUT2D eigenvalue weighted by atomic mass is 32.2. The summed E-state index contributed by atoms with van der Waals surface area (Å²) < 4.78 is 27.6. The Kier molecular flexibility index (Phi) is 8.84. The number of aryl methyl sites for hydroxylation is 2. The lowest BCUT2D eigenvalue weighted by molar-refractivity contribution is -0.121. The van der Waals surface area contributed by atoms with Gasteiger partial charge in [-0.05, 0) is 68.1 Å². The third-order valence-electron chi connectivity index (χ3n) is 5.89. The molecule has 6 nitrogen and oxygen atoms in total. The van der Waals surface area contributed by atoms with Gasteiger partial charge in [-0.3, -0.25) is 9.69 Å². The third-order valence-corrected chi connectivity index (χ3v) is 7.50. The molecule has 1 amide bonds. The SMILES string of the molecule is Cc1ccc(C)c(S(=O)(=O)NCCC(=O)NCc2ccc(CN3CCCCCC3)cc2)c1. The van der Waals surface area contributed by atoms with Crippen LogP contribution in [-0.2, 0) is 27.9 Å². The molecule has 0 radical (unpaired) electrons. The fraction of sp³-hybridized carbons (Fsp3) is 0.480. The molecule has 0 unspecified atom stereocenters. The standard InChI is InChI=1S/C25H35N3O3S/c1-20-7-8-21(2)24(17-20)32(30,31)27-14-13-25(29)26-18-22-9-11-23(12-10-22)19-28-15-5-3-4-6-16-28/h7-12,17,27H,3-6,13-16,18-19H2,1-2H3,(H,26,29). The molecule has 0 bridgehead atoms. The number of likely N-dealkylation sites (tertiary alicyclic amines) is 1. The van der Waals surface area contributed by atoms with E-state index in [9.17, 15) is 13.2 Å². The minimum Gasteiger partial charge on any atom is -0.352 e. The summed E-state index contributed by atoms with van der Waals surface area (Å²) in [6, 6.07) is 13.7. The van der Waals surface area contributed by atoms with Crippen molar-refractivity contribution in [3.63, 3.8) is 0 Å². The van der Waals surface area contributed by atoms with E-state index in [4.69, 9.17) is 0 Å². The molecule has 1 aliphatic heterocycles. The molecular formula is C25H35N3O3S. The molecule has 0 aliphatic carbocycles. The Labute approximate surface area is 192 Å². The van der Waals surface area contributed by atoms with Gasteiger partial charge in [-0.25, -0.2) is 13.1 Å². The van der Waals surface area contributed by atoms with E-state index in [1.807, 2.05) is 13.0 Å². The maximum Gasteiger partial charge on any atom is 0.240 e. The molecule has 174 valence electrons. The van der Waals surface area contributed by atoms with Crippen molar-refractivity contribution >= 4 is 15.9 Å². The molecular weight excluding hydrogens is 422 g/mol. The summed E-state index contributed by atoms with van der Waals surface area (Å²) in [5.74, 6) is -0.178. The summed E-state index contributed by atoms with van der Waals surface area (Å²) in [6.07, 6.45) is 5.33. The van der Waals surface area contributed by atoms with Crippen LogP contribution in [0.1, 0.15) is 54.4 Å². The zero-order valence-corrected chi connectivity index (χ0v) is 20.0. The number of benzene rings is 2. The van der Waals surface area contributed by atoms with Crippen molar-refractivity contribution < 1.29 is 13.2 Å². The van der Waals surface area contributed by atoms with Crippen molar-refractivity contribution in [2.75, 3.05) is 19.6 Å². The van der Waals surface area contributed by atoms with Gasteiger partial charge in [-0.15, -0.1) is 0 Å². The summed E-state index contributed by atoms with van der Waals surface area (Å²) in [5.41, 5.74) is 3.90. The van der Waals surface area contributed by atoms with Crippen molar-refractivity contribution in [3.05, 3.63) is 64.7 Å². The number of amides is 1. The van der Waals surface area contributed by atoms with Crippen LogP contribution in [0.4, 0.5) is 0 Å². The zero-order chi connectivity index (χ0) is 23.0. The van der Waals surface area contributed by atoms with Crippen LogP contribution < -0.4 is 10.0 Å². The van der Waals surface area contributed by atoms with Crippen molar-refractivity contribution in [2.24, 2.45) is 0 Å². The Hall–Kier alpha value is -2.22. The van der Waals surface area contributed by atoms with E-state index in [2.05, 4.69) is 39.2 Å². The van der Waals surface area contributed by atoms with E-state index >= 15 is 0 Å². The van der Waals surface area contributed by atoms with Gasteiger partial charge in [0, 0.05) is 26.1 Å². The van der Waals surface area contributed by atoms with Gasteiger partial charge in [0.25, 0.3) is 0 Å². The largest absolute Gasteiger partial charge is 0.352 e. The van der Waals surface area contributed by atoms with Crippen LogP contribution in [0, 0.1) is 13.8 Å². The molecule has 0 saturated carbocycles. The third kappa shape index (κ3) is 7.43. The topological polar surface area (TPSA) is 78.5 Å². The molecule has 1 aliphatic rings. The number of hydrogen-bond acceptors (Lipinski definition) is 4. The highest BCUT2D eigenvalue weighted by Crippen LogP contribution is 2.16. The van der Waals surface area contributed by atoms with Crippen LogP contribution >= 0.6 is 0 Å². The molecule has 0 atom stereocenters. The summed E-state index contributed by atoms with van der Waals surface area (Å²) >= 11 is 0. The van der Waals surface area contributed by atoms with Gasteiger partial charge in [0.05, 0.1) is 4.90 Å². The maximum atomic E-state index is 12.5. The van der Waals surface area contributed by atoms with E-state index in [1.165, 1.54) is 44.3 Å². The smallest absolute Gasteiger partial charge is 0.240 e. The second kappa shape index (κ2) is 11.6. The predicted octanol–water partition coefficient (Wildman–Crippen LogP) is 3.66. The second-order valence-corrected chi connectivity index (χ2v) is 10.4. The highest BCUT2D eigenvalue weighted by Gasteiger charge is 2.17. The first-order valence-electron chi connectivity index (χ1n) is 11.5. The van der Waals surface area contributed by atoms with Gasteiger partial charge >= 0.3 is 0 Å². The number of sulfonamides is 1. The fourth-order valence-corrected chi connectivity index (χ4v) is 5.34. The molecule has 7 heteroatoms. The number of hydrogen-bond donors (Lipinski definition) is 2. The van der Waals surface area contributed by atoms with Crippen molar-refractivity contribution in [1.29, 1.82) is 0 Å². The number of rotatable bonds is 9. The summed E-state index contributed by atoms with van der Waals surface area (Å²) in [6.45, 7) is 7.44. The molecule has 32 heavy (non-hydrogen) atoms. The lowest BCUT2D eigenvalue weighted by atomic mass is 10.1. The second-order valence-electron chi connectivity index (χ2n) is 8.70. The normalized spacial score (nSPS) is 15.3. The molecule has 1 fully saturated rings. The molecule has 2 N–H and O–H groups in total. The van der Waals surface area contributed by atoms with Gasteiger partial charge in [0.15, 0.2) is 0 Å². The predicted molar refractivity (Wildman–Crippen MR) is 128 cm³/mol. The molecule has 0 aromatic heterocycles. The van der Waals surface area contributed by atoms with Gasteiger partial charge < -0.3 is 5.32 Å². The average molecular weight is 458 g/mol. The zero-order valence-electron chi connectivity index (χ0n) is 19.2. The van der Waals surface area contributed by atoms with Crippen molar-refractivity contribution in [1.82, 2.24) is 14.9 Å².